The molecule has 0 unspecified atom stereocenters. The van der Waals surface area contributed by atoms with Crippen LogP contribution >= 0.6 is 0 Å². The highest BCUT2D eigenvalue weighted by atomic mass is 16.5. The molecule has 0 saturated heterocycles. The Morgan fingerprint density at radius 2 is 1.95 bits per heavy atom. The van der Waals surface area contributed by atoms with Crippen LogP contribution in [0.25, 0.3) is 6.08 Å². The predicted octanol–water partition coefficient (Wildman–Crippen LogP) is 3.10. The molecule has 1 aromatic carbocycles. The van der Waals surface area contributed by atoms with Crippen LogP contribution in [0.3, 0.4) is 0 Å². The summed E-state index contributed by atoms with van der Waals surface area (Å²) in [7, 11) is 1.67. The van der Waals surface area contributed by atoms with Gasteiger partial charge < -0.3 is 15.2 Å². The second kappa shape index (κ2) is 8.08. The normalized spacial score (nSPS) is 12.6. The fourth-order valence-corrected chi connectivity index (χ4v) is 2.02. The lowest BCUT2D eigenvalue weighted by Crippen LogP contribution is -2.31. The lowest BCUT2D eigenvalue weighted by Gasteiger charge is -2.24. The molecule has 0 heterocycles. The van der Waals surface area contributed by atoms with Crippen molar-refractivity contribution in [3.63, 3.8) is 0 Å². The van der Waals surface area contributed by atoms with Gasteiger partial charge in [0.25, 0.3) is 0 Å². The van der Waals surface area contributed by atoms with E-state index in [1.807, 2.05) is 12.1 Å². The fraction of sp³-hybridized carbons (Fsp3) is 0.529. The van der Waals surface area contributed by atoms with Crippen LogP contribution in [0.15, 0.2) is 29.8 Å². The van der Waals surface area contributed by atoms with Gasteiger partial charge in [-0.15, -0.1) is 0 Å². The highest BCUT2D eigenvalue weighted by molar-refractivity contribution is 5.53. The highest BCUT2D eigenvalue weighted by Crippen LogP contribution is 2.18. The van der Waals surface area contributed by atoms with Crippen LogP contribution in [-0.2, 0) is 0 Å². The molecule has 0 aliphatic heterocycles. The molecule has 0 amide bonds. The van der Waals surface area contributed by atoms with E-state index in [0.29, 0.717) is 0 Å². The molecule has 0 radical (unpaired) electrons. The largest absolute Gasteiger partial charge is 0.497 e. The standard InChI is InChI=1S/C17H27NO2/c1-14(12-18-13-17(2,3)9-10-19)11-15-5-7-16(20-4)8-6-15/h5-8,11,18-19H,9-10,12-13H2,1-4H3/b14-11-. The molecule has 0 bridgehead atoms. The number of aliphatic hydroxyl groups excluding tert-OH is 1. The van der Waals surface area contributed by atoms with Gasteiger partial charge in [0, 0.05) is 19.7 Å². The molecule has 0 aliphatic carbocycles. The summed E-state index contributed by atoms with van der Waals surface area (Å²) in [4.78, 5) is 0. The molecule has 20 heavy (non-hydrogen) atoms. The molecule has 0 saturated carbocycles. The average Bonchev–Trinajstić information content (AvgIpc) is 2.39. The van der Waals surface area contributed by atoms with Crippen molar-refractivity contribution in [2.24, 2.45) is 5.41 Å². The van der Waals surface area contributed by atoms with Gasteiger partial charge in [-0.05, 0) is 36.5 Å². The van der Waals surface area contributed by atoms with Crippen LogP contribution in [0, 0.1) is 5.41 Å². The second-order valence-electron chi connectivity index (χ2n) is 6.01. The van der Waals surface area contributed by atoms with Crippen molar-refractivity contribution >= 4 is 6.08 Å². The average molecular weight is 277 g/mol. The van der Waals surface area contributed by atoms with E-state index >= 15 is 0 Å². The summed E-state index contributed by atoms with van der Waals surface area (Å²) in [5.74, 6) is 0.878. The third-order valence-electron chi connectivity index (χ3n) is 3.32. The van der Waals surface area contributed by atoms with E-state index in [-0.39, 0.29) is 12.0 Å². The first-order valence-corrected chi connectivity index (χ1v) is 7.10. The lowest BCUT2D eigenvalue weighted by molar-refractivity contribution is 0.208. The smallest absolute Gasteiger partial charge is 0.118 e. The SMILES string of the molecule is COc1ccc(/C=C(/C)CNCC(C)(C)CCO)cc1. The van der Waals surface area contributed by atoms with E-state index in [2.05, 4.69) is 44.3 Å². The fourth-order valence-electron chi connectivity index (χ4n) is 2.02. The summed E-state index contributed by atoms with van der Waals surface area (Å²) in [6.07, 6.45) is 2.99. The van der Waals surface area contributed by atoms with E-state index in [4.69, 9.17) is 9.84 Å². The topological polar surface area (TPSA) is 41.5 Å². The summed E-state index contributed by atoms with van der Waals surface area (Å²) in [6.45, 7) is 8.46. The maximum absolute atomic E-state index is 9.00. The highest BCUT2D eigenvalue weighted by Gasteiger charge is 2.15. The van der Waals surface area contributed by atoms with Crippen molar-refractivity contribution in [2.75, 3.05) is 26.8 Å². The Kier molecular flexibility index (Phi) is 6.76. The molecule has 0 spiro atoms. The molecule has 1 aromatic rings. The van der Waals surface area contributed by atoms with Crippen molar-refractivity contribution in [3.05, 3.63) is 35.4 Å². The van der Waals surface area contributed by atoms with Crippen molar-refractivity contribution in [1.29, 1.82) is 0 Å². The van der Waals surface area contributed by atoms with Gasteiger partial charge in [-0.3, -0.25) is 0 Å². The molecular weight excluding hydrogens is 250 g/mol. The minimum absolute atomic E-state index is 0.134. The Morgan fingerprint density at radius 1 is 1.30 bits per heavy atom. The number of benzene rings is 1. The number of hydrogen-bond donors (Lipinski definition) is 2. The second-order valence-corrected chi connectivity index (χ2v) is 6.01. The van der Waals surface area contributed by atoms with E-state index in [9.17, 15) is 0 Å². The number of aliphatic hydroxyl groups is 1. The van der Waals surface area contributed by atoms with E-state index in [1.54, 1.807) is 7.11 Å². The van der Waals surface area contributed by atoms with Crippen LogP contribution in [0.4, 0.5) is 0 Å². The molecule has 0 fully saturated rings. The van der Waals surface area contributed by atoms with Gasteiger partial charge in [-0.2, -0.15) is 0 Å². The van der Waals surface area contributed by atoms with Crippen LogP contribution in [0.2, 0.25) is 0 Å². The number of ether oxygens (including phenoxy) is 1. The Hall–Kier alpha value is -1.32. The van der Waals surface area contributed by atoms with Gasteiger partial charge in [-0.25, -0.2) is 0 Å². The molecule has 3 heteroatoms. The minimum Gasteiger partial charge on any atom is -0.497 e. The van der Waals surface area contributed by atoms with Gasteiger partial charge in [0.05, 0.1) is 7.11 Å². The van der Waals surface area contributed by atoms with Crippen LogP contribution in [0.5, 0.6) is 5.75 Å². The monoisotopic (exact) mass is 277 g/mol. The first-order valence-electron chi connectivity index (χ1n) is 7.10. The van der Waals surface area contributed by atoms with Crippen LogP contribution in [0.1, 0.15) is 32.8 Å². The van der Waals surface area contributed by atoms with E-state index in [1.165, 1.54) is 11.1 Å². The molecule has 0 atom stereocenters. The number of methoxy groups -OCH3 is 1. The minimum atomic E-state index is 0.134. The number of hydrogen-bond acceptors (Lipinski definition) is 3. The van der Waals surface area contributed by atoms with Crippen molar-refractivity contribution in [3.8, 4) is 5.75 Å². The molecule has 2 N–H and O–H groups in total. The van der Waals surface area contributed by atoms with Gasteiger partial charge in [0.2, 0.25) is 0 Å². The zero-order valence-electron chi connectivity index (χ0n) is 13.1. The first kappa shape index (κ1) is 16.7. The third-order valence-corrected chi connectivity index (χ3v) is 3.32. The maximum Gasteiger partial charge on any atom is 0.118 e. The Labute approximate surface area is 122 Å². The molecule has 0 aliphatic rings. The van der Waals surface area contributed by atoms with E-state index in [0.717, 1.165) is 25.3 Å². The molecule has 1 rings (SSSR count). The quantitative estimate of drug-likeness (QED) is 0.767. The van der Waals surface area contributed by atoms with Crippen LogP contribution in [-0.4, -0.2) is 31.9 Å². The first-order chi connectivity index (χ1) is 9.46. The summed E-state index contributed by atoms with van der Waals surface area (Å²) in [6, 6.07) is 8.05. The third kappa shape index (κ3) is 6.22. The molecule has 0 aromatic heterocycles. The Balaban J connectivity index is 2.45. The van der Waals surface area contributed by atoms with Gasteiger partial charge in [0.1, 0.15) is 5.75 Å². The Bertz CT molecular complexity index is 421. The van der Waals surface area contributed by atoms with Gasteiger partial charge >= 0.3 is 0 Å². The summed E-state index contributed by atoms with van der Waals surface area (Å²) in [5, 5.41) is 12.4. The number of rotatable bonds is 8. The Morgan fingerprint density at radius 3 is 2.50 bits per heavy atom. The molecule has 112 valence electrons. The van der Waals surface area contributed by atoms with Crippen molar-refractivity contribution in [1.82, 2.24) is 5.32 Å². The van der Waals surface area contributed by atoms with Gasteiger partial charge in [0.15, 0.2) is 0 Å². The van der Waals surface area contributed by atoms with Crippen molar-refractivity contribution in [2.45, 2.75) is 27.2 Å². The lowest BCUT2D eigenvalue weighted by atomic mass is 9.90. The maximum atomic E-state index is 9.00. The zero-order valence-corrected chi connectivity index (χ0v) is 13.1. The van der Waals surface area contributed by atoms with Gasteiger partial charge in [-0.1, -0.05) is 37.6 Å². The molecule has 3 nitrogen and oxygen atoms in total. The summed E-state index contributed by atoms with van der Waals surface area (Å²) in [5.41, 5.74) is 2.60. The molecular formula is C17H27NO2. The summed E-state index contributed by atoms with van der Waals surface area (Å²) < 4.78 is 5.15. The summed E-state index contributed by atoms with van der Waals surface area (Å²) >= 11 is 0. The number of nitrogens with one attached hydrogen (secondary N) is 1. The van der Waals surface area contributed by atoms with Crippen LogP contribution < -0.4 is 10.1 Å². The predicted molar refractivity (Wildman–Crippen MR) is 85.0 cm³/mol. The zero-order chi connectivity index (χ0) is 15.0. The van der Waals surface area contributed by atoms with E-state index < -0.39 is 0 Å². The van der Waals surface area contributed by atoms with Crippen molar-refractivity contribution < 1.29 is 9.84 Å².